The zero-order chi connectivity index (χ0) is 30.3. The van der Waals surface area contributed by atoms with E-state index < -0.39 is 28.5 Å². The van der Waals surface area contributed by atoms with Gasteiger partial charge < -0.3 is 15.0 Å². The Hall–Kier alpha value is -2.89. The van der Waals surface area contributed by atoms with Gasteiger partial charge in [0, 0.05) is 21.5 Å². The largest absolute Gasteiger partial charge is 0.494 e. The molecule has 0 heterocycles. The van der Waals surface area contributed by atoms with Crippen molar-refractivity contribution in [2.24, 2.45) is 0 Å². The number of amides is 2. The minimum absolute atomic E-state index is 0.0406. The molecule has 0 saturated heterocycles. The van der Waals surface area contributed by atoms with Gasteiger partial charge in [-0.25, -0.2) is 8.42 Å². The van der Waals surface area contributed by atoms with E-state index in [-0.39, 0.29) is 23.4 Å². The van der Waals surface area contributed by atoms with E-state index in [1.807, 2.05) is 31.2 Å². The molecular weight excluding hydrogens is 686 g/mol. The number of ether oxygens (including phenoxy) is 1. The van der Waals surface area contributed by atoms with Crippen LogP contribution in [-0.4, -0.2) is 50.4 Å². The first-order chi connectivity index (χ1) is 20.1. The third-order valence-corrected chi connectivity index (χ3v) is 10.1. The predicted molar refractivity (Wildman–Crippen MR) is 171 cm³/mol. The first kappa shape index (κ1) is 32.0. The Morgan fingerprint density at radius 1 is 0.929 bits per heavy atom. The Labute approximate surface area is 264 Å². The van der Waals surface area contributed by atoms with E-state index in [1.165, 1.54) is 17.0 Å². The number of carbonyl (C=O) groups is 2. The maximum Gasteiger partial charge on any atom is 0.264 e. The van der Waals surface area contributed by atoms with Crippen molar-refractivity contribution in [3.63, 3.8) is 0 Å². The van der Waals surface area contributed by atoms with Gasteiger partial charge in [0.25, 0.3) is 10.0 Å². The average molecular weight is 722 g/mol. The molecule has 1 fully saturated rings. The monoisotopic (exact) mass is 719 g/mol. The van der Waals surface area contributed by atoms with Crippen molar-refractivity contribution >= 4 is 59.4 Å². The van der Waals surface area contributed by atoms with E-state index in [2.05, 4.69) is 37.2 Å². The van der Waals surface area contributed by atoms with Crippen molar-refractivity contribution in [1.82, 2.24) is 10.2 Å². The molecule has 1 N–H and O–H groups in total. The normalized spacial score (nSPS) is 14.3. The lowest BCUT2D eigenvalue weighted by molar-refractivity contribution is -0.139. The van der Waals surface area contributed by atoms with Gasteiger partial charge in [0.1, 0.15) is 18.3 Å². The van der Waals surface area contributed by atoms with Crippen LogP contribution in [0.1, 0.15) is 45.1 Å². The molecule has 0 radical (unpaired) electrons. The highest BCUT2D eigenvalue weighted by molar-refractivity contribution is 9.10. The topological polar surface area (TPSA) is 96.0 Å². The minimum Gasteiger partial charge on any atom is -0.494 e. The third-order valence-electron chi connectivity index (χ3n) is 7.25. The molecular formula is C31H35Br2N3O5S. The van der Waals surface area contributed by atoms with Crippen molar-refractivity contribution in [1.29, 1.82) is 0 Å². The van der Waals surface area contributed by atoms with E-state index in [1.54, 1.807) is 43.3 Å². The Bertz CT molecular complexity index is 1460. The number of hydrogen-bond acceptors (Lipinski definition) is 5. The summed E-state index contributed by atoms with van der Waals surface area (Å²) < 4.78 is 36.2. The highest BCUT2D eigenvalue weighted by Gasteiger charge is 2.33. The lowest BCUT2D eigenvalue weighted by Crippen LogP contribution is -2.52. The molecule has 8 nitrogen and oxygen atoms in total. The van der Waals surface area contributed by atoms with Crippen molar-refractivity contribution in [3.8, 4) is 5.75 Å². The molecule has 0 bridgehead atoms. The quantitative estimate of drug-likeness (QED) is 0.238. The molecule has 0 aliphatic heterocycles. The molecule has 1 saturated carbocycles. The van der Waals surface area contributed by atoms with Gasteiger partial charge in [-0.3, -0.25) is 13.9 Å². The van der Waals surface area contributed by atoms with Crippen molar-refractivity contribution in [2.45, 2.75) is 63.1 Å². The molecule has 4 rings (SSSR count). The van der Waals surface area contributed by atoms with Crippen LogP contribution in [0.2, 0.25) is 0 Å². The standard InChI is InChI=1S/C31H35Br2N3O5S/c1-3-41-28-16-14-27(15-17-28)36(42(39,40)29-18-12-25(33)13-19-29)21-30(37)35(20-23-8-10-24(32)11-9-23)22(2)31(38)34-26-6-4-5-7-26/h8-19,22,26H,3-7,20-21H2,1-2H3,(H,34,38). The number of sulfonamides is 1. The van der Waals surface area contributed by atoms with Crippen LogP contribution in [0, 0.1) is 0 Å². The molecule has 42 heavy (non-hydrogen) atoms. The summed E-state index contributed by atoms with van der Waals surface area (Å²) >= 11 is 6.78. The molecule has 1 unspecified atom stereocenters. The van der Waals surface area contributed by atoms with Gasteiger partial charge in [0.2, 0.25) is 11.8 Å². The number of benzene rings is 3. The highest BCUT2D eigenvalue weighted by atomic mass is 79.9. The van der Waals surface area contributed by atoms with E-state index in [0.717, 1.165) is 44.5 Å². The Morgan fingerprint density at radius 3 is 2.07 bits per heavy atom. The molecule has 1 aliphatic carbocycles. The Balaban J connectivity index is 1.68. The molecule has 1 aliphatic rings. The van der Waals surface area contributed by atoms with Gasteiger partial charge in [-0.15, -0.1) is 0 Å². The predicted octanol–water partition coefficient (Wildman–Crippen LogP) is 6.28. The third kappa shape index (κ3) is 8.14. The first-order valence-corrected chi connectivity index (χ1v) is 17.0. The lowest BCUT2D eigenvalue weighted by Gasteiger charge is -2.32. The molecule has 3 aromatic carbocycles. The summed E-state index contributed by atoms with van der Waals surface area (Å²) in [5.74, 6) is -0.167. The number of nitrogens with one attached hydrogen (secondary N) is 1. The molecule has 224 valence electrons. The second-order valence-electron chi connectivity index (χ2n) is 10.2. The fourth-order valence-corrected chi connectivity index (χ4v) is 6.84. The van der Waals surface area contributed by atoms with Gasteiger partial charge in [0.05, 0.1) is 17.2 Å². The van der Waals surface area contributed by atoms with Crippen LogP contribution in [0.5, 0.6) is 5.75 Å². The number of anilines is 1. The van der Waals surface area contributed by atoms with Crippen molar-refractivity contribution < 1.29 is 22.7 Å². The van der Waals surface area contributed by atoms with Crippen LogP contribution in [0.25, 0.3) is 0 Å². The summed E-state index contributed by atoms with van der Waals surface area (Å²) in [6.07, 6.45) is 3.95. The van der Waals surface area contributed by atoms with Crippen LogP contribution in [0.4, 0.5) is 5.69 Å². The maximum atomic E-state index is 14.1. The molecule has 1 atom stereocenters. The summed E-state index contributed by atoms with van der Waals surface area (Å²) in [6, 6.07) is 19.6. The number of nitrogens with zero attached hydrogens (tertiary/aromatic N) is 2. The fraction of sp³-hybridized carbons (Fsp3) is 0.355. The molecule has 0 aromatic heterocycles. The van der Waals surface area contributed by atoms with Crippen LogP contribution >= 0.6 is 31.9 Å². The molecule has 0 spiro atoms. The van der Waals surface area contributed by atoms with E-state index >= 15 is 0 Å². The Kier molecular flexibility index (Phi) is 11.1. The van der Waals surface area contributed by atoms with Crippen LogP contribution in [0.3, 0.4) is 0 Å². The number of hydrogen-bond donors (Lipinski definition) is 1. The summed E-state index contributed by atoms with van der Waals surface area (Å²) in [6.45, 7) is 3.65. The maximum absolute atomic E-state index is 14.1. The fourth-order valence-electron chi connectivity index (χ4n) is 4.90. The molecule has 3 aromatic rings. The van der Waals surface area contributed by atoms with E-state index in [0.29, 0.717) is 18.0 Å². The van der Waals surface area contributed by atoms with Gasteiger partial charge in [0.15, 0.2) is 0 Å². The zero-order valence-corrected chi connectivity index (χ0v) is 27.6. The van der Waals surface area contributed by atoms with Crippen molar-refractivity contribution in [3.05, 3.63) is 87.3 Å². The van der Waals surface area contributed by atoms with Crippen molar-refractivity contribution in [2.75, 3.05) is 17.5 Å². The minimum atomic E-state index is -4.15. The van der Waals surface area contributed by atoms with Gasteiger partial charge >= 0.3 is 0 Å². The summed E-state index contributed by atoms with van der Waals surface area (Å²) in [5, 5.41) is 3.08. The number of rotatable bonds is 12. The van der Waals surface area contributed by atoms with E-state index in [9.17, 15) is 18.0 Å². The second-order valence-corrected chi connectivity index (χ2v) is 13.9. The SMILES string of the molecule is CCOc1ccc(N(CC(=O)N(Cc2ccc(Br)cc2)C(C)C(=O)NC2CCCC2)S(=O)(=O)c2ccc(Br)cc2)cc1. The first-order valence-electron chi connectivity index (χ1n) is 13.9. The van der Waals surface area contributed by atoms with E-state index in [4.69, 9.17) is 4.74 Å². The van der Waals surface area contributed by atoms with Crippen LogP contribution < -0.4 is 14.4 Å². The average Bonchev–Trinajstić information content (AvgIpc) is 3.49. The highest BCUT2D eigenvalue weighted by Crippen LogP contribution is 2.28. The summed E-state index contributed by atoms with van der Waals surface area (Å²) in [7, 11) is -4.15. The zero-order valence-electron chi connectivity index (χ0n) is 23.6. The molecule has 2 amide bonds. The Morgan fingerprint density at radius 2 is 1.50 bits per heavy atom. The lowest BCUT2D eigenvalue weighted by atomic mass is 10.1. The summed E-state index contributed by atoms with van der Waals surface area (Å²) in [5.41, 5.74) is 1.12. The summed E-state index contributed by atoms with van der Waals surface area (Å²) in [4.78, 5) is 28.9. The number of carbonyl (C=O) groups excluding carboxylic acids is 2. The van der Waals surface area contributed by atoms with Crippen LogP contribution in [0.15, 0.2) is 86.6 Å². The smallest absolute Gasteiger partial charge is 0.264 e. The van der Waals surface area contributed by atoms with Crippen LogP contribution in [-0.2, 0) is 26.2 Å². The van der Waals surface area contributed by atoms with Gasteiger partial charge in [-0.2, -0.15) is 0 Å². The van der Waals surface area contributed by atoms with Gasteiger partial charge in [-0.1, -0.05) is 56.8 Å². The van der Waals surface area contributed by atoms with Gasteiger partial charge in [-0.05, 0) is 92.9 Å². The second kappa shape index (κ2) is 14.5. The number of halogens is 2. The molecule has 11 heteroatoms.